The average Bonchev–Trinajstić information content (AvgIpc) is 3.45. The molecule has 1 saturated heterocycles. The van der Waals surface area contributed by atoms with Gasteiger partial charge in [0.15, 0.2) is 11.6 Å². The van der Waals surface area contributed by atoms with E-state index in [1.807, 2.05) is 65.7 Å². The Kier molecular flexibility index (Phi) is 5.70. The first-order valence-corrected chi connectivity index (χ1v) is 13.7. The van der Waals surface area contributed by atoms with Crippen molar-refractivity contribution in [1.29, 1.82) is 0 Å². The van der Waals surface area contributed by atoms with E-state index in [2.05, 4.69) is 5.32 Å². The van der Waals surface area contributed by atoms with Gasteiger partial charge in [0, 0.05) is 33.1 Å². The van der Waals surface area contributed by atoms with E-state index >= 15 is 0 Å². The quantitative estimate of drug-likeness (QED) is 0.272. The van der Waals surface area contributed by atoms with Crippen LogP contribution < -0.4 is 5.32 Å². The molecule has 7 heteroatoms. The van der Waals surface area contributed by atoms with Crippen LogP contribution in [0.15, 0.2) is 103 Å². The molecule has 4 aromatic rings. The van der Waals surface area contributed by atoms with Crippen molar-refractivity contribution in [3.63, 3.8) is 0 Å². The molecular formula is C33H22Cl2N2O3. The number of carbonyl (C=O) groups is 3. The monoisotopic (exact) mass is 564 g/mol. The second-order valence-corrected chi connectivity index (χ2v) is 11.2. The van der Waals surface area contributed by atoms with Crippen LogP contribution in [0, 0.1) is 5.92 Å². The Hall–Kier alpha value is -4.19. The van der Waals surface area contributed by atoms with Crippen molar-refractivity contribution < 1.29 is 14.4 Å². The molecule has 196 valence electrons. The molecule has 0 aliphatic carbocycles. The van der Waals surface area contributed by atoms with E-state index < -0.39 is 23.4 Å². The molecule has 0 saturated carbocycles. The highest BCUT2D eigenvalue weighted by Crippen LogP contribution is 2.62. The molecular weight excluding hydrogens is 543 g/mol. The summed E-state index contributed by atoms with van der Waals surface area (Å²) in [4.78, 5) is 45.5. The third kappa shape index (κ3) is 3.44. The van der Waals surface area contributed by atoms with Crippen LogP contribution >= 0.6 is 23.2 Å². The Balaban J connectivity index is 1.53. The molecule has 3 aliphatic rings. The van der Waals surface area contributed by atoms with Crippen LogP contribution in [-0.4, -0.2) is 28.4 Å². The fraction of sp³-hybridized carbons (Fsp3) is 0.121. The topological polar surface area (TPSA) is 66.5 Å². The van der Waals surface area contributed by atoms with Crippen molar-refractivity contribution in [3.05, 3.63) is 141 Å². The number of ketones is 2. The molecule has 4 aromatic carbocycles. The Bertz CT molecular complexity index is 1730. The highest BCUT2D eigenvalue weighted by molar-refractivity contribution is 6.31. The van der Waals surface area contributed by atoms with E-state index in [9.17, 15) is 14.4 Å². The van der Waals surface area contributed by atoms with Gasteiger partial charge in [0.2, 0.25) is 5.91 Å². The zero-order valence-electron chi connectivity index (χ0n) is 21.1. The second kappa shape index (κ2) is 9.19. The molecule has 3 heterocycles. The predicted molar refractivity (Wildman–Crippen MR) is 156 cm³/mol. The summed E-state index contributed by atoms with van der Waals surface area (Å²) in [6.45, 7) is 0. The average molecular weight is 565 g/mol. The largest absolute Gasteiger partial charge is 0.358 e. The number of amides is 1. The lowest BCUT2D eigenvalue weighted by atomic mass is 9.62. The fourth-order valence-electron chi connectivity index (χ4n) is 6.75. The van der Waals surface area contributed by atoms with Crippen LogP contribution in [0.25, 0.3) is 6.08 Å². The van der Waals surface area contributed by atoms with Crippen molar-refractivity contribution in [2.45, 2.75) is 17.5 Å². The predicted octanol–water partition coefficient (Wildman–Crippen LogP) is 6.98. The van der Waals surface area contributed by atoms with Crippen molar-refractivity contribution in [2.24, 2.45) is 5.92 Å². The summed E-state index contributed by atoms with van der Waals surface area (Å²) in [6.07, 6.45) is 3.80. The first-order chi connectivity index (χ1) is 19.4. The zero-order valence-corrected chi connectivity index (χ0v) is 22.6. The molecule has 0 bridgehead atoms. The van der Waals surface area contributed by atoms with Gasteiger partial charge < -0.3 is 10.2 Å². The molecule has 4 atom stereocenters. The summed E-state index contributed by atoms with van der Waals surface area (Å²) in [5.41, 5.74) is 2.61. The number of nitrogens with one attached hydrogen (secondary N) is 1. The van der Waals surface area contributed by atoms with E-state index in [0.29, 0.717) is 32.4 Å². The number of fused-ring (bicyclic) bond motifs is 6. The number of nitrogens with zero attached hydrogens (tertiary/aromatic N) is 1. The van der Waals surface area contributed by atoms with Crippen LogP contribution in [0.2, 0.25) is 10.0 Å². The molecule has 1 spiro atoms. The third-order valence-corrected chi connectivity index (χ3v) is 8.88. The van der Waals surface area contributed by atoms with Gasteiger partial charge in [0.05, 0.1) is 12.0 Å². The lowest BCUT2D eigenvalue weighted by Gasteiger charge is -2.38. The van der Waals surface area contributed by atoms with Crippen LogP contribution in [-0.2, 0) is 10.2 Å². The lowest BCUT2D eigenvalue weighted by Crippen LogP contribution is -2.49. The fourth-order valence-corrected chi connectivity index (χ4v) is 7.00. The molecule has 3 aliphatic heterocycles. The standard InChI is InChI=1S/C33H22Cl2N2O3/c34-22-13-9-20(10-14-22)29(38)27-28(30(39)21-11-15-23(35)16-12-21)37-18-17-19-5-1-2-6-24(19)31(37)33(27)25-7-3-4-8-26(25)36-32(33)40/h1-18,27-28,31H,(H,36,40)/t27-,28+,31-,33-/m1/s1. The summed E-state index contributed by atoms with van der Waals surface area (Å²) in [7, 11) is 0. The maximum atomic E-state index is 14.7. The zero-order chi connectivity index (χ0) is 27.6. The first kappa shape index (κ1) is 24.8. The first-order valence-electron chi connectivity index (χ1n) is 13.0. The number of Topliss-reactive ketones (excluding diaryl/α,β-unsaturated/α-hetero) is 2. The normalized spacial score (nSPS) is 23.9. The number of rotatable bonds is 4. The minimum absolute atomic E-state index is 0.257. The summed E-state index contributed by atoms with van der Waals surface area (Å²) >= 11 is 12.3. The molecule has 1 amide bonds. The van der Waals surface area contributed by atoms with E-state index in [1.54, 1.807) is 48.5 Å². The highest BCUT2D eigenvalue weighted by Gasteiger charge is 2.70. The van der Waals surface area contributed by atoms with Crippen LogP contribution in [0.5, 0.6) is 0 Å². The minimum Gasteiger partial charge on any atom is -0.358 e. The minimum atomic E-state index is -1.37. The lowest BCUT2D eigenvalue weighted by molar-refractivity contribution is -0.122. The molecule has 0 aromatic heterocycles. The molecule has 0 unspecified atom stereocenters. The van der Waals surface area contributed by atoms with Gasteiger partial charge in [-0.05, 0) is 77.4 Å². The summed E-state index contributed by atoms with van der Waals surface area (Å²) in [5, 5.41) is 4.05. The van der Waals surface area contributed by atoms with Gasteiger partial charge in [0.1, 0.15) is 11.5 Å². The molecule has 40 heavy (non-hydrogen) atoms. The maximum absolute atomic E-state index is 14.7. The smallest absolute Gasteiger partial charge is 0.238 e. The number of hydrogen-bond donors (Lipinski definition) is 1. The van der Waals surface area contributed by atoms with Gasteiger partial charge in [-0.15, -0.1) is 0 Å². The summed E-state index contributed by atoms with van der Waals surface area (Å²) in [5.74, 6) is -1.89. The van der Waals surface area contributed by atoms with Gasteiger partial charge in [-0.1, -0.05) is 65.7 Å². The summed E-state index contributed by atoms with van der Waals surface area (Å²) in [6, 6.07) is 27.0. The third-order valence-electron chi connectivity index (χ3n) is 8.38. The van der Waals surface area contributed by atoms with Gasteiger partial charge in [-0.25, -0.2) is 0 Å². The summed E-state index contributed by atoms with van der Waals surface area (Å²) < 4.78 is 0. The van der Waals surface area contributed by atoms with E-state index in [4.69, 9.17) is 23.2 Å². The molecule has 1 N–H and O–H groups in total. The van der Waals surface area contributed by atoms with Crippen LogP contribution in [0.4, 0.5) is 5.69 Å². The number of hydrogen-bond acceptors (Lipinski definition) is 4. The van der Waals surface area contributed by atoms with E-state index in [1.165, 1.54) is 0 Å². The Morgan fingerprint density at radius 3 is 2.05 bits per heavy atom. The van der Waals surface area contributed by atoms with E-state index in [-0.39, 0.29) is 17.5 Å². The van der Waals surface area contributed by atoms with Gasteiger partial charge >= 0.3 is 0 Å². The van der Waals surface area contributed by atoms with E-state index in [0.717, 1.165) is 11.1 Å². The maximum Gasteiger partial charge on any atom is 0.238 e. The molecule has 5 nitrogen and oxygen atoms in total. The number of halogens is 2. The Morgan fingerprint density at radius 1 is 0.750 bits per heavy atom. The Morgan fingerprint density at radius 2 is 1.35 bits per heavy atom. The van der Waals surface area contributed by atoms with Crippen molar-refractivity contribution in [2.75, 3.05) is 5.32 Å². The Labute approximate surface area is 241 Å². The molecule has 7 rings (SSSR count). The van der Waals surface area contributed by atoms with Crippen molar-refractivity contribution in [1.82, 2.24) is 4.90 Å². The van der Waals surface area contributed by atoms with Crippen LogP contribution in [0.1, 0.15) is 43.4 Å². The molecule has 0 radical (unpaired) electrons. The van der Waals surface area contributed by atoms with Gasteiger partial charge in [-0.3, -0.25) is 14.4 Å². The number of benzene rings is 4. The number of carbonyl (C=O) groups excluding carboxylic acids is 3. The van der Waals surface area contributed by atoms with Crippen molar-refractivity contribution >= 4 is 52.4 Å². The second-order valence-electron chi connectivity index (χ2n) is 10.3. The van der Waals surface area contributed by atoms with Gasteiger partial charge in [-0.2, -0.15) is 0 Å². The number of anilines is 1. The van der Waals surface area contributed by atoms with Crippen molar-refractivity contribution in [3.8, 4) is 0 Å². The van der Waals surface area contributed by atoms with Crippen LogP contribution in [0.3, 0.4) is 0 Å². The number of para-hydroxylation sites is 1. The molecule has 1 fully saturated rings. The highest BCUT2D eigenvalue weighted by atomic mass is 35.5. The SMILES string of the molecule is O=C(c1ccc(Cl)cc1)[C@@H]1[C@H](C(=O)c2ccc(Cl)cc2)[C@@]2(C(=O)Nc3ccccc32)[C@H]2c3ccccc3C=CN12. The van der Waals surface area contributed by atoms with Gasteiger partial charge in [0.25, 0.3) is 0 Å².